The molecule has 6 heteroatoms. The van der Waals surface area contributed by atoms with E-state index in [1.807, 2.05) is 30.9 Å². The molecule has 3 rings (SSSR count). The fourth-order valence-corrected chi connectivity index (χ4v) is 3.21. The lowest BCUT2D eigenvalue weighted by atomic mass is 10.0. The van der Waals surface area contributed by atoms with Crippen LogP contribution in [-0.2, 0) is 0 Å². The third-order valence-corrected chi connectivity index (χ3v) is 4.97. The maximum absolute atomic E-state index is 12.9. The zero-order chi connectivity index (χ0) is 18.7. The van der Waals surface area contributed by atoms with Gasteiger partial charge in [-0.1, -0.05) is 0 Å². The molecule has 0 atom stereocenters. The Morgan fingerprint density at radius 2 is 1.46 bits per heavy atom. The molecule has 0 unspecified atom stereocenters. The van der Waals surface area contributed by atoms with Gasteiger partial charge < -0.3 is 14.5 Å². The summed E-state index contributed by atoms with van der Waals surface area (Å²) in [6, 6.07) is 7.07. The number of aromatic nitrogens is 1. The van der Waals surface area contributed by atoms with Gasteiger partial charge in [-0.3, -0.25) is 14.6 Å². The van der Waals surface area contributed by atoms with Crippen LogP contribution < -0.4 is 4.74 Å². The molecular formula is C20H23N3O3. The van der Waals surface area contributed by atoms with E-state index in [0.29, 0.717) is 37.3 Å². The number of amides is 2. The van der Waals surface area contributed by atoms with Crippen LogP contribution in [0.15, 0.2) is 36.7 Å². The molecule has 136 valence electrons. The predicted molar refractivity (Wildman–Crippen MR) is 98.5 cm³/mol. The third kappa shape index (κ3) is 3.40. The predicted octanol–water partition coefficient (Wildman–Crippen LogP) is 2.31. The summed E-state index contributed by atoms with van der Waals surface area (Å²) in [7, 11) is 1.63. The number of nitrogens with zero attached hydrogens (tertiary/aromatic N) is 3. The first-order valence-corrected chi connectivity index (χ1v) is 8.65. The van der Waals surface area contributed by atoms with Crippen molar-refractivity contribution in [2.75, 3.05) is 33.3 Å². The molecule has 0 N–H and O–H groups in total. The van der Waals surface area contributed by atoms with Gasteiger partial charge in [0.25, 0.3) is 11.8 Å². The van der Waals surface area contributed by atoms with Crippen molar-refractivity contribution >= 4 is 11.8 Å². The van der Waals surface area contributed by atoms with Gasteiger partial charge in [0, 0.05) is 49.7 Å². The van der Waals surface area contributed by atoms with Gasteiger partial charge in [-0.2, -0.15) is 0 Å². The van der Waals surface area contributed by atoms with Gasteiger partial charge in [-0.05, 0) is 49.2 Å². The molecule has 0 bridgehead atoms. The van der Waals surface area contributed by atoms with Crippen molar-refractivity contribution in [2.45, 2.75) is 13.8 Å². The van der Waals surface area contributed by atoms with Crippen LogP contribution >= 0.6 is 0 Å². The van der Waals surface area contributed by atoms with Gasteiger partial charge >= 0.3 is 0 Å². The lowest BCUT2D eigenvalue weighted by Gasteiger charge is -2.35. The van der Waals surface area contributed by atoms with Crippen molar-refractivity contribution < 1.29 is 14.3 Å². The maximum Gasteiger partial charge on any atom is 0.254 e. The van der Waals surface area contributed by atoms with Crippen molar-refractivity contribution in [1.82, 2.24) is 14.8 Å². The second-order valence-electron chi connectivity index (χ2n) is 6.39. The molecule has 1 saturated heterocycles. The Hall–Kier alpha value is -2.89. The molecule has 1 aliphatic rings. The van der Waals surface area contributed by atoms with Crippen LogP contribution in [-0.4, -0.2) is 59.9 Å². The average molecular weight is 353 g/mol. The summed E-state index contributed by atoms with van der Waals surface area (Å²) < 4.78 is 5.31. The molecule has 2 heterocycles. The van der Waals surface area contributed by atoms with Gasteiger partial charge in [0.05, 0.1) is 7.11 Å². The minimum atomic E-state index is -0.0176. The normalized spacial score (nSPS) is 14.3. The van der Waals surface area contributed by atoms with E-state index in [1.54, 1.807) is 36.5 Å². The van der Waals surface area contributed by atoms with E-state index in [2.05, 4.69) is 4.98 Å². The number of hydrogen-bond acceptors (Lipinski definition) is 4. The highest BCUT2D eigenvalue weighted by Crippen LogP contribution is 2.25. The number of carbonyl (C=O) groups excluding carboxylic acids is 2. The molecule has 0 aliphatic carbocycles. The van der Waals surface area contributed by atoms with Gasteiger partial charge in [-0.15, -0.1) is 0 Å². The molecule has 26 heavy (non-hydrogen) atoms. The summed E-state index contributed by atoms with van der Waals surface area (Å²) in [5.41, 5.74) is 3.23. The summed E-state index contributed by atoms with van der Waals surface area (Å²) in [5, 5.41) is 0. The lowest BCUT2D eigenvalue weighted by Crippen LogP contribution is -2.50. The Bertz CT molecular complexity index is 813. The first-order valence-electron chi connectivity index (χ1n) is 8.65. The van der Waals surface area contributed by atoms with Gasteiger partial charge in [0.2, 0.25) is 0 Å². The minimum Gasteiger partial charge on any atom is -0.496 e. The van der Waals surface area contributed by atoms with E-state index in [-0.39, 0.29) is 11.8 Å². The first kappa shape index (κ1) is 17.9. The minimum absolute atomic E-state index is 0.00395. The van der Waals surface area contributed by atoms with E-state index >= 15 is 0 Å². The molecule has 2 aromatic rings. The van der Waals surface area contributed by atoms with Crippen LogP contribution in [0.5, 0.6) is 5.75 Å². The van der Waals surface area contributed by atoms with E-state index < -0.39 is 0 Å². The number of carbonyl (C=O) groups is 2. The van der Waals surface area contributed by atoms with Gasteiger partial charge in [0.1, 0.15) is 5.75 Å². The summed E-state index contributed by atoms with van der Waals surface area (Å²) in [5.74, 6) is 0.770. The number of pyridine rings is 1. The maximum atomic E-state index is 12.9. The molecule has 1 aromatic carbocycles. The molecule has 0 radical (unpaired) electrons. The van der Waals surface area contributed by atoms with Gasteiger partial charge in [0.15, 0.2) is 0 Å². The Labute approximate surface area is 153 Å². The van der Waals surface area contributed by atoms with Crippen LogP contribution in [0.1, 0.15) is 31.8 Å². The fourth-order valence-electron chi connectivity index (χ4n) is 3.21. The molecule has 1 aromatic heterocycles. The molecule has 1 aliphatic heterocycles. The summed E-state index contributed by atoms with van der Waals surface area (Å²) in [4.78, 5) is 32.9. The number of benzene rings is 1. The van der Waals surface area contributed by atoms with Crippen LogP contribution in [0.25, 0.3) is 0 Å². The first-order chi connectivity index (χ1) is 12.5. The van der Waals surface area contributed by atoms with Crippen molar-refractivity contribution in [3.8, 4) is 5.75 Å². The standard InChI is InChI=1S/C20H23N3O3/c1-14-15(2)18(26-3)5-4-17(14)20(25)23-12-10-22(11-13-23)19(24)16-6-8-21-9-7-16/h4-9H,10-13H2,1-3H3. The number of piperazine rings is 1. The smallest absolute Gasteiger partial charge is 0.254 e. The number of rotatable bonds is 3. The molecule has 1 fully saturated rings. The Kier molecular flexibility index (Phi) is 5.21. The average Bonchev–Trinajstić information content (AvgIpc) is 2.70. The molecule has 0 saturated carbocycles. The third-order valence-electron chi connectivity index (χ3n) is 4.97. The number of methoxy groups -OCH3 is 1. The summed E-state index contributed by atoms with van der Waals surface area (Å²) in [6.45, 7) is 6.01. The zero-order valence-electron chi connectivity index (χ0n) is 15.4. The Balaban J connectivity index is 1.68. The highest BCUT2D eigenvalue weighted by atomic mass is 16.5. The highest BCUT2D eigenvalue weighted by molar-refractivity contribution is 5.97. The quantitative estimate of drug-likeness (QED) is 0.849. The summed E-state index contributed by atoms with van der Waals surface area (Å²) >= 11 is 0. The van der Waals surface area contributed by atoms with Gasteiger partial charge in [-0.25, -0.2) is 0 Å². The van der Waals surface area contributed by atoms with E-state index in [1.165, 1.54) is 0 Å². The highest BCUT2D eigenvalue weighted by Gasteiger charge is 2.26. The van der Waals surface area contributed by atoms with E-state index in [0.717, 1.165) is 16.9 Å². The monoisotopic (exact) mass is 353 g/mol. The van der Waals surface area contributed by atoms with E-state index in [9.17, 15) is 9.59 Å². The van der Waals surface area contributed by atoms with Crippen LogP contribution in [0.4, 0.5) is 0 Å². The Morgan fingerprint density at radius 3 is 2.04 bits per heavy atom. The van der Waals surface area contributed by atoms with Crippen molar-refractivity contribution in [1.29, 1.82) is 0 Å². The van der Waals surface area contributed by atoms with E-state index in [4.69, 9.17) is 4.74 Å². The SMILES string of the molecule is COc1ccc(C(=O)N2CCN(C(=O)c3ccncc3)CC2)c(C)c1C. The van der Waals surface area contributed by atoms with Crippen molar-refractivity contribution in [3.05, 3.63) is 58.9 Å². The molecular weight excluding hydrogens is 330 g/mol. The van der Waals surface area contributed by atoms with Crippen LogP contribution in [0, 0.1) is 13.8 Å². The van der Waals surface area contributed by atoms with Crippen LogP contribution in [0.2, 0.25) is 0 Å². The lowest BCUT2D eigenvalue weighted by molar-refractivity contribution is 0.0535. The Morgan fingerprint density at radius 1 is 0.885 bits per heavy atom. The largest absolute Gasteiger partial charge is 0.496 e. The molecule has 0 spiro atoms. The number of hydrogen-bond donors (Lipinski definition) is 0. The van der Waals surface area contributed by atoms with Crippen molar-refractivity contribution in [2.24, 2.45) is 0 Å². The number of ether oxygens (including phenoxy) is 1. The summed E-state index contributed by atoms with van der Waals surface area (Å²) in [6.07, 6.45) is 3.23. The molecule has 6 nitrogen and oxygen atoms in total. The fraction of sp³-hybridized carbons (Fsp3) is 0.350. The second kappa shape index (κ2) is 7.56. The van der Waals surface area contributed by atoms with Crippen LogP contribution in [0.3, 0.4) is 0 Å². The van der Waals surface area contributed by atoms with Crippen molar-refractivity contribution in [3.63, 3.8) is 0 Å². The second-order valence-corrected chi connectivity index (χ2v) is 6.39. The molecule has 2 amide bonds. The topological polar surface area (TPSA) is 62.7 Å². The zero-order valence-corrected chi connectivity index (χ0v) is 15.4.